The molecule has 5 nitrogen and oxygen atoms in total. The van der Waals surface area contributed by atoms with E-state index in [1.807, 2.05) is 13.0 Å². The zero-order valence-corrected chi connectivity index (χ0v) is 15.7. The third-order valence-electron chi connectivity index (χ3n) is 5.36. The highest BCUT2D eigenvalue weighted by molar-refractivity contribution is 5.84. The molecule has 0 bridgehead atoms. The number of rotatable bonds is 4. The molecule has 1 aliphatic carbocycles. The van der Waals surface area contributed by atoms with Crippen molar-refractivity contribution >= 4 is 5.91 Å². The van der Waals surface area contributed by atoms with E-state index in [4.69, 9.17) is 0 Å². The van der Waals surface area contributed by atoms with E-state index >= 15 is 0 Å². The lowest BCUT2D eigenvalue weighted by Crippen LogP contribution is -2.31. The van der Waals surface area contributed by atoms with E-state index < -0.39 is 0 Å². The van der Waals surface area contributed by atoms with Gasteiger partial charge in [-0.05, 0) is 61.1 Å². The number of carbonyl (C=O) groups excluding carboxylic acids is 1. The van der Waals surface area contributed by atoms with Crippen molar-refractivity contribution in [3.8, 4) is 11.4 Å². The molecule has 1 heterocycles. The maximum atomic E-state index is 14.5. The highest BCUT2D eigenvalue weighted by Crippen LogP contribution is 2.36. The number of carbonyl (C=O) groups is 1. The van der Waals surface area contributed by atoms with Crippen LogP contribution in [-0.4, -0.2) is 20.6 Å². The molecular formula is C22H22FN3O2. The molecule has 6 heteroatoms. The Hall–Kier alpha value is -3.15. The third-order valence-corrected chi connectivity index (χ3v) is 5.36. The third kappa shape index (κ3) is 3.38. The molecule has 0 saturated heterocycles. The molecule has 28 heavy (non-hydrogen) atoms. The summed E-state index contributed by atoms with van der Waals surface area (Å²) in [5, 5.41) is 13.0. The van der Waals surface area contributed by atoms with Gasteiger partial charge in [0.15, 0.2) is 0 Å². The van der Waals surface area contributed by atoms with E-state index in [1.54, 1.807) is 41.2 Å². The monoisotopic (exact) mass is 379 g/mol. The first-order valence-electron chi connectivity index (χ1n) is 9.42. The van der Waals surface area contributed by atoms with Crippen molar-refractivity contribution < 1.29 is 14.3 Å². The molecule has 1 aliphatic rings. The number of halogens is 1. The summed E-state index contributed by atoms with van der Waals surface area (Å²) in [6.45, 7) is 2.07. The Morgan fingerprint density at radius 2 is 2.21 bits per heavy atom. The lowest BCUT2D eigenvalue weighted by molar-refractivity contribution is -0.123. The minimum absolute atomic E-state index is 0.0958. The molecule has 1 atom stereocenters. The molecule has 0 radical (unpaired) electrons. The number of hydrogen-bond donors (Lipinski definition) is 2. The molecule has 2 N–H and O–H groups in total. The van der Waals surface area contributed by atoms with Gasteiger partial charge in [-0.1, -0.05) is 18.2 Å². The number of aromatic nitrogens is 2. The number of nitrogens with one attached hydrogen (secondary N) is 1. The maximum absolute atomic E-state index is 14.5. The largest absolute Gasteiger partial charge is 0.508 e. The van der Waals surface area contributed by atoms with Crippen LogP contribution in [0.4, 0.5) is 4.39 Å². The minimum atomic E-state index is -0.360. The first-order chi connectivity index (χ1) is 13.5. The molecule has 4 rings (SSSR count). The fraction of sp³-hybridized carbons (Fsp3) is 0.273. The van der Waals surface area contributed by atoms with Crippen molar-refractivity contribution in [2.75, 3.05) is 0 Å². The van der Waals surface area contributed by atoms with Gasteiger partial charge in [-0.15, -0.1) is 0 Å². The van der Waals surface area contributed by atoms with Crippen LogP contribution in [0.15, 0.2) is 48.8 Å². The number of fused-ring (bicyclic) bond motifs is 1. The predicted molar refractivity (Wildman–Crippen MR) is 104 cm³/mol. The zero-order chi connectivity index (χ0) is 19.7. The Morgan fingerprint density at radius 3 is 2.96 bits per heavy atom. The van der Waals surface area contributed by atoms with Gasteiger partial charge < -0.3 is 15.0 Å². The highest BCUT2D eigenvalue weighted by Gasteiger charge is 2.27. The molecule has 0 saturated carbocycles. The number of nitrogens with zero attached hydrogens (tertiary/aromatic N) is 2. The van der Waals surface area contributed by atoms with Gasteiger partial charge >= 0.3 is 0 Å². The minimum Gasteiger partial charge on any atom is -0.508 e. The van der Waals surface area contributed by atoms with Gasteiger partial charge in [-0.2, -0.15) is 0 Å². The lowest BCUT2D eigenvalue weighted by Gasteiger charge is -2.25. The van der Waals surface area contributed by atoms with Crippen molar-refractivity contribution in [1.82, 2.24) is 14.9 Å². The molecule has 3 aromatic rings. The van der Waals surface area contributed by atoms with Gasteiger partial charge in [0.1, 0.15) is 17.4 Å². The standard InChI is InChI=1S/C22H22FN3O2/c1-14-24-10-11-26(14)20-9-8-15(12-19(20)23)13-25-22(28)18-6-2-5-17-16(18)4-3-7-21(17)27/h3-4,7-12,18,27H,2,5-6,13H2,1H3,(H,25,28). The second-order valence-electron chi connectivity index (χ2n) is 7.14. The van der Waals surface area contributed by atoms with Crippen LogP contribution in [0.5, 0.6) is 5.75 Å². The van der Waals surface area contributed by atoms with E-state index in [1.165, 1.54) is 6.07 Å². The number of phenolic OH excluding ortho intramolecular Hbond substituents is 1. The van der Waals surface area contributed by atoms with Gasteiger partial charge in [0.2, 0.25) is 5.91 Å². The first-order valence-corrected chi connectivity index (χ1v) is 9.42. The fourth-order valence-corrected chi connectivity index (χ4v) is 3.90. The summed E-state index contributed by atoms with van der Waals surface area (Å²) in [6.07, 6.45) is 5.73. The normalized spacial score (nSPS) is 15.9. The average molecular weight is 379 g/mol. The summed E-state index contributed by atoms with van der Waals surface area (Å²) >= 11 is 0. The smallest absolute Gasteiger partial charge is 0.227 e. The number of imidazole rings is 1. The van der Waals surface area contributed by atoms with Gasteiger partial charge in [0.05, 0.1) is 11.6 Å². The molecule has 0 fully saturated rings. The van der Waals surface area contributed by atoms with Crippen LogP contribution in [0.25, 0.3) is 5.69 Å². The summed E-state index contributed by atoms with van der Waals surface area (Å²) in [6, 6.07) is 10.3. The Kier molecular flexibility index (Phi) is 4.86. The van der Waals surface area contributed by atoms with Crippen molar-refractivity contribution in [2.24, 2.45) is 0 Å². The number of benzene rings is 2. The van der Waals surface area contributed by atoms with Crippen molar-refractivity contribution in [2.45, 2.75) is 38.6 Å². The average Bonchev–Trinajstić information content (AvgIpc) is 3.12. The van der Waals surface area contributed by atoms with Gasteiger partial charge in [0.25, 0.3) is 0 Å². The molecular weight excluding hydrogens is 357 g/mol. The Morgan fingerprint density at radius 1 is 1.36 bits per heavy atom. The van der Waals surface area contributed by atoms with Crippen molar-refractivity contribution in [1.29, 1.82) is 0 Å². The Labute approximate surface area is 162 Å². The van der Waals surface area contributed by atoms with Crippen LogP contribution in [0.1, 0.15) is 41.3 Å². The molecule has 1 unspecified atom stereocenters. The topological polar surface area (TPSA) is 67.2 Å². The van der Waals surface area contributed by atoms with Crippen LogP contribution >= 0.6 is 0 Å². The molecule has 1 aromatic heterocycles. The first kappa shape index (κ1) is 18.2. The Balaban J connectivity index is 1.47. The maximum Gasteiger partial charge on any atom is 0.227 e. The van der Waals surface area contributed by atoms with Crippen LogP contribution in [0, 0.1) is 12.7 Å². The van der Waals surface area contributed by atoms with E-state index in [-0.39, 0.29) is 29.9 Å². The molecule has 2 aromatic carbocycles. The van der Waals surface area contributed by atoms with Crippen molar-refractivity contribution in [3.05, 3.63) is 77.1 Å². The number of aryl methyl sites for hydroxylation is 1. The predicted octanol–water partition coefficient (Wildman–Crippen LogP) is 3.76. The second kappa shape index (κ2) is 7.46. The quantitative estimate of drug-likeness (QED) is 0.725. The van der Waals surface area contributed by atoms with Crippen LogP contribution in [0.3, 0.4) is 0 Å². The van der Waals surface area contributed by atoms with Crippen LogP contribution in [-0.2, 0) is 17.8 Å². The molecule has 0 aliphatic heterocycles. The molecule has 1 amide bonds. The summed E-state index contributed by atoms with van der Waals surface area (Å²) in [5.41, 5.74) is 2.88. The number of phenols is 1. The lowest BCUT2D eigenvalue weighted by atomic mass is 9.82. The summed E-state index contributed by atoms with van der Waals surface area (Å²) in [4.78, 5) is 16.8. The van der Waals surface area contributed by atoms with Crippen LogP contribution < -0.4 is 5.32 Å². The summed E-state index contributed by atoms with van der Waals surface area (Å²) in [5.74, 6) is 0.220. The zero-order valence-electron chi connectivity index (χ0n) is 15.7. The van der Waals surface area contributed by atoms with Gasteiger partial charge in [0, 0.05) is 18.9 Å². The number of hydrogen-bond acceptors (Lipinski definition) is 3. The second-order valence-corrected chi connectivity index (χ2v) is 7.14. The van der Waals surface area contributed by atoms with Crippen LogP contribution in [0.2, 0.25) is 0 Å². The number of amides is 1. The molecule has 0 spiro atoms. The fourth-order valence-electron chi connectivity index (χ4n) is 3.90. The van der Waals surface area contributed by atoms with Crippen molar-refractivity contribution in [3.63, 3.8) is 0 Å². The van der Waals surface area contributed by atoms with Gasteiger partial charge in [-0.3, -0.25) is 4.79 Å². The Bertz CT molecular complexity index is 1030. The highest BCUT2D eigenvalue weighted by atomic mass is 19.1. The van der Waals surface area contributed by atoms with E-state index in [9.17, 15) is 14.3 Å². The molecule has 144 valence electrons. The van der Waals surface area contributed by atoms with E-state index in [0.29, 0.717) is 17.1 Å². The van der Waals surface area contributed by atoms with E-state index in [2.05, 4.69) is 10.3 Å². The van der Waals surface area contributed by atoms with Gasteiger partial charge in [-0.25, -0.2) is 9.37 Å². The SMILES string of the molecule is Cc1nccn1-c1ccc(CNC(=O)C2CCCc3c(O)cccc32)cc1F. The summed E-state index contributed by atoms with van der Waals surface area (Å²) < 4.78 is 16.2. The summed E-state index contributed by atoms with van der Waals surface area (Å²) in [7, 11) is 0. The number of aromatic hydroxyl groups is 1. The van der Waals surface area contributed by atoms with E-state index in [0.717, 1.165) is 30.4 Å².